The Balaban J connectivity index is 1.89. The third-order valence-corrected chi connectivity index (χ3v) is 6.18. The zero-order valence-corrected chi connectivity index (χ0v) is 26.6. The number of azo groups is 1. The molecule has 2 aromatic carbocycles. The Morgan fingerprint density at radius 1 is 0.911 bits per heavy atom. The van der Waals surface area contributed by atoms with Crippen LogP contribution in [0, 0.1) is 0 Å². The van der Waals surface area contributed by atoms with Crippen molar-refractivity contribution in [2.45, 2.75) is 52.2 Å². The highest BCUT2D eigenvalue weighted by atomic mass is 16.5. The number of amides is 1. The molecular formula is C32H41N5O8. The van der Waals surface area contributed by atoms with Crippen molar-refractivity contribution in [1.29, 1.82) is 0 Å². The molecule has 242 valence electrons. The van der Waals surface area contributed by atoms with Crippen molar-refractivity contribution in [2.75, 3.05) is 40.8 Å². The first-order chi connectivity index (χ1) is 21.4. The number of ether oxygens (including phenoxy) is 3. The van der Waals surface area contributed by atoms with Crippen molar-refractivity contribution in [1.82, 2.24) is 15.1 Å². The lowest BCUT2D eigenvalue weighted by Crippen LogP contribution is -2.34. The molecule has 0 aromatic heterocycles. The smallest absolute Gasteiger partial charge is 0.305 e. The highest BCUT2D eigenvalue weighted by Gasteiger charge is 2.19. The Kier molecular flexibility index (Phi) is 14.3. The second kappa shape index (κ2) is 17.9. The Labute approximate surface area is 263 Å². The summed E-state index contributed by atoms with van der Waals surface area (Å²) in [6.07, 6.45) is 1.42. The van der Waals surface area contributed by atoms with Crippen LogP contribution in [-0.4, -0.2) is 85.1 Å². The van der Waals surface area contributed by atoms with Crippen LogP contribution in [0.4, 0.5) is 11.4 Å². The van der Waals surface area contributed by atoms with E-state index in [-0.39, 0.29) is 42.1 Å². The van der Waals surface area contributed by atoms with Gasteiger partial charge in [-0.1, -0.05) is 12.1 Å². The highest BCUT2D eigenvalue weighted by Crippen LogP contribution is 2.25. The van der Waals surface area contributed by atoms with Gasteiger partial charge in [0, 0.05) is 40.2 Å². The first kappa shape index (κ1) is 36.1. The summed E-state index contributed by atoms with van der Waals surface area (Å²) in [6, 6.07) is 11.3. The number of nitrogens with one attached hydrogen (secondary N) is 1. The molecule has 1 amide bonds. The molecule has 0 spiro atoms. The van der Waals surface area contributed by atoms with Crippen LogP contribution in [0.3, 0.4) is 0 Å². The van der Waals surface area contributed by atoms with E-state index in [0.717, 1.165) is 5.56 Å². The summed E-state index contributed by atoms with van der Waals surface area (Å²) in [7, 11) is 4.70. The predicted molar refractivity (Wildman–Crippen MR) is 166 cm³/mol. The maximum absolute atomic E-state index is 12.5. The van der Waals surface area contributed by atoms with Gasteiger partial charge in [-0.05, 0) is 69.5 Å². The molecule has 0 fully saturated rings. The van der Waals surface area contributed by atoms with Gasteiger partial charge < -0.3 is 34.4 Å². The predicted octanol–water partition coefficient (Wildman–Crippen LogP) is 4.42. The number of hydrogen-bond donors (Lipinski definition) is 2. The van der Waals surface area contributed by atoms with Gasteiger partial charge in [-0.15, -0.1) is 0 Å². The normalized spacial score (nSPS) is 10.8. The molecule has 0 heterocycles. The van der Waals surface area contributed by atoms with Gasteiger partial charge in [0.25, 0.3) is 17.7 Å². The maximum atomic E-state index is 12.5. The van der Waals surface area contributed by atoms with E-state index in [1.54, 1.807) is 60.0 Å². The van der Waals surface area contributed by atoms with Crippen LogP contribution in [0.25, 0.3) is 0 Å². The highest BCUT2D eigenvalue weighted by molar-refractivity contribution is 5.97. The second-order valence-corrected chi connectivity index (χ2v) is 11.0. The van der Waals surface area contributed by atoms with E-state index >= 15 is 0 Å². The number of likely N-dealkylation sites (N-methyl/N-ethyl adjacent to an activating group) is 2. The Morgan fingerprint density at radius 2 is 1.51 bits per heavy atom. The molecule has 0 saturated carbocycles. The molecule has 0 bridgehead atoms. The second-order valence-electron chi connectivity index (χ2n) is 11.0. The average Bonchev–Trinajstić information content (AvgIpc) is 3.01. The standard InChI is InChI=1S/C32H41N5O8/c1-32(2,3)45-29(21-39)37(5)18-17-36(4)28(20-38)44-22-23-10-12-24(13-11-23)34-35-25-14-15-27(40)26(19-25)31(42)33-16-8-7-9-30(41)43-6/h10-15,19,40H,7-9,16-18,22H2,1-6H3,(H,33,42). The number of nitrogens with zero attached hydrogens (tertiary/aromatic N) is 4. The molecule has 0 aliphatic heterocycles. The van der Waals surface area contributed by atoms with Gasteiger partial charge >= 0.3 is 5.97 Å². The SMILES string of the molecule is COC(=O)CCCCNC(=O)c1cc(N=Nc2ccc(COC(=C=O)N(C)CCN(C)C(=C=O)OC(C)(C)C)cc2)ccc1O. The Bertz CT molecular complexity index is 1420. The van der Waals surface area contributed by atoms with Gasteiger partial charge in [-0.3, -0.25) is 9.59 Å². The lowest BCUT2D eigenvalue weighted by molar-refractivity contribution is -0.140. The minimum absolute atomic E-state index is 0.00824. The summed E-state index contributed by atoms with van der Waals surface area (Å²) >= 11 is 0. The molecule has 2 rings (SSSR count). The van der Waals surface area contributed by atoms with Crippen molar-refractivity contribution in [3.8, 4) is 5.75 Å². The quantitative estimate of drug-likeness (QED) is 0.0849. The molecule has 0 radical (unpaired) electrons. The summed E-state index contributed by atoms with van der Waals surface area (Å²) in [4.78, 5) is 49.7. The lowest BCUT2D eigenvalue weighted by Gasteiger charge is -2.28. The van der Waals surface area contributed by atoms with Gasteiger partial charge in [0.15, 0.2) is 11.9 Å². The number of phenols is 1. The number of benzene rings is 2. The number of aromatic hydroxyl groups is 1. The molecule has 0 saturated heterocycles. The van der Waals surface area contributed by atoms with Crippen molar-refractivity contribution < 1.29 is 38.5 Å². The Morgan fingerprint density at radius 3 is 2.11 bits per heavy atom. The molecule has 0 atom stereocenters. The molecule has 2 aromatic rings. The molecule has 2 N–H and O–H groups in total. The van der Waals surface area contributed by atoms with Gasteiger partial charge in [0.2, 0.25) is 0 Å². The molecule has 0 unspecified atom stereocenters. The fourth-order valence-electron chi connectivity index (χ4n) is 3.68. The molecule has 13 heteroatoms. The third kappa shape index (κ3) is 13.0. The van der Waals surface area contributed by atoms with Crippen LogP contribution in [0.5, 0.6) is 5.75 Å². The van der Waals surface area contributed by atoms with Crippen LogP contribution in [0.1, 0.15) is 56.0 Å². The number of methoxy groups -OCH3 is 1. The number of carbonyl (C=O) groups is 2. The number of rotatable bonds is 17. The number of unbranched alkanes of at least 4 members (excludes halogenated alkanes) is 1. The van der Waals surface area contributed by atoms with Crippen LogP contribution >= 0.6 is 0 Å². The van der Waals surface area contributed by atoms with Gasteiger partial charge in [-0.25, -0.2) is 9.59 Å². The van der Waals surface area contributed by atoms with Crippen molar-refractivity contribution in [3.63, 3.8) is 0 Å². The largest absolute Gasteiger partial charge is 0.507 e. The molecule has 45 heavy (non-hydrogen) atoms. The van der Waals surface area contributed by atoms with Crippen molar-refractivity contribution in [2.24, 2.45) is 10.2 Å². The van der Waals surface area contributed by atoms with E-state index in [1.165, 1.54) is 25.3 Å². The lowest BCUT2D eigenvalue weighted by atomic mass is 10.1. The Hall–Kier alpha value is -5.12. The van der Waals surface area contributed by atoms with Gasteiger partial charge in [-0.2, -0.15) is 10.2 Å². The molecule has 13 nitrogen and oxygen atoms in total. The minimum atomic E-state index is -0.552. The summed E-state index contributed by atoms with van der Waals surface area (Å²) in [5, 5.41) is 21.2. The van der Waals surface area contributed by atoms with Crippen LogP contribution in [0.15, 0.2) is 64.5 Å². The maximum Gasteiger partial charge on any atom is 0.305 e. The number of carbonyl (C=O) groups excluding carboxylic acids is 4. The fourth-order valence-corrected chi connectivity index (χ4v) is 3.68. The summed E-state index contributed by atoms with van der Waals surface area (Å²) in [6.45, 7) is 6.66. The number of hydrogen-bond acceptors (Lipinski definition) is 12. The average molecular weight is 624 g/mol. The summed E-state index contributed by atoms with van der Waals surface area (Å²) < 4.78 is 15.9. The van der Waals surface area contributed by atoms with Crippen molar-refractivity contribution >= 4 is 35.1 Å². The first-order valence-electron chi connectivity index (χ1n) is 14.3. The molecule has 0 aliphatic carbocycles. The topological polar surface area (TPSA) is 159 Å². The zero-order chi connectivity index (χ0) is 33.4. The number of esters is 1. The molecule has 0 aliphatic rings. The van der Waals surface area contributed by atoms with E-state index in [4.69, 9.17) is 9.47 Å². The first-order valence-corrected chi connectivity index (χ1v) is 14.3. The zero-order valence-electron chi connectivity index (χ0n) is 26.6. The van der Waals surface area contributed by atoms with Gasteiger partial charge in [0.05, 0.1) is 24.0 Å². The van der Waals surface area contributed by atoms with Crippen LogP contribution in [0.2, 0.25) is 0 Å². The third-order valence-electron chi connectivity index (χ3n) is 6.18. The van der Waals surface area contributed by atoms with E-state index in [9.17, 15) is 24.3 Å². The fraction of sp³-hybridized carbons (Fsp3) is 0.438. The van der Waals surface area contributed by atoms with Crippen LogP contribution in [-0.2, 0) is 35.2 Å². The van der Waals surface area contributed by atoms with E-state index in [0.29, 0.717) is 43.9 Å². The monoisotopic (exact) mass is 623 g/mol. The van der Waals surface area contributed by atoms with E-state index in [1.807, 2.05) is 20.8 Å². The number of phenolic OH excluding ortho intramolecular Hbond substituents is 1. The summed E-state index contributed by atoms with van der Waals surface area (Å²) in [5.74, 6) is 2.73. The van der Waals surface area contributed by atoms with E-state index < -0.39 is 11.5 Å². The van der Waals surface area contributed by atoms with E-state index in [2.05, 4.69) is 20.3 Å². The van der Waals surface area contributed by atoms with Crippen molar-refractivity contribution in [3.05, 3.63) is 65.4 Å². The van der Waals surface area contributed by atoms with Gasteiger partial charge in [0.1, 0.15) is 18.0 Å². The minimum Gasteiger partial charge on any atom is -0.507 e. The van der Waals surface area contributed by atoms with Crippen LogP contribution < -0.4 is 5.32 Å². The molecular weight excluding hydrogens is 582 g/mol. The summed E-state index contributed by atoms with van der Waals surface area (Å²) in [5.41, 5.74) is 1.18.